The highest BCUT2D eigenvalue weighted by molar-refractivity contribution is 7.92. The third-order valence-electron chi connectivity index (χ3n) is 7.45. The Morgan fingerprint density at radius 1 is 0.848 bits per heavy atom. The molecule has 1 unspecified atom stereocenters. The number of hydrogen-bond acceptors (Lipinski definition) is 5. The molecule has 242 valence electrons. The van der Waals surface area contributed by atoms with Crippen LogP contribution in [0.1, 0.15) is 36.1 Å². The summed E-state index contributed by atoms with van der Waals surface area (Å²) >= 11 is 6.45. The molecule has 0 bridgehead atoms. The molecule has 0 saturated heterocycles. The number of halogens is 1. The molecular weight excluding hydrogens is 622 g/mol. The fourth-order valence-corrected chi connectivity index (χ4v) is 6.78. The molecule has 0 aliphatic heterocycles. The Balaban J connectivity index is 1.83. The number of anilines is 1. The van der Waals surface area contributed by atoms with Gasteiger partial charge in [0.05, 0.1) is 22.7 Å². The Morgan fingerprint density at radius 3 is 2.13 bits per heavy atom. The first-order valence-electron chi connectivity index (χ1n) is 15.0. The average Bonchev–Trinajstić information content (AvgIpc) is 3.01. The first kappa shape index (κ1) is 34.5. The van der Waals surface area contributed by atoms with Crippen molar-refractivity contribution in [3.05, 3.63) is 124 Å². The SMILES string of the molecule is COc1ccc(N(CC(=O)N(Cc2cccc(C)c2)C(Cc2ccccc2)C(=O)NC(C)C)S(=O)(=O)c2ccc(C)cc2)cc1Cl. The van der Waals surface area contributed by atoms with E-state index in [-0.39, 0.29) is 40.5 Å². The Hall–Kier alpha value is -4.34. The van der Waals surface area contributed by atoms with Gasteiger partial charge < -0.3 is 15.0 Å². The number of hydrogen-bond donors (Lipinski definition) is 1. The van der Waals surface area contributed by atoms with Gasteiger partial charge in [-0.05, 0) is 69.2 Å². The molecule has 8 nitrogen and oxygen atoms in total. The molecule has 0 heterocycles. The van der Waals surface area contributed by atoms with Crippen molar-refractivity contribution >= 4 is 39.1 Å². The second kappa shape index (κ2) is 15.3. The Morgan fingerprint density at radius 2 is 1.52 bits per heavy atom. The quantitative estimate of drug-likeness (QED) is 0.181. The Labute approximate surface area is 277 Å². The van der Waals surface area contributed by atoms with Crippen LogP contribution in [-0.4, -0.2) is 50.9 Å². The van der Waals surface area contributed by atoms with E-state index >= 15 is 0 Å². The molecule has 0 saturated carbocycles. The minimum Gasteiger partial charge on any atom is -0.495 e. The molecule has 1 N–H and O–H groups in total. The lowest BCUT2D eigenvalue weighted by Crippen LogP contribution is -2.54. The number of carbonyl (C=O) groups excluding carboxylic acids is 2. The predicted molar refractivity (Wildman–Crippen MR) is 183 cm³/mol. The van der Waals surface area contributed by atoms with Crippen molar-refractivity contribution in [3.8, 4) is 5.75 Å². The van der Waals surface area contributed by atoms with Gasteiger partial charge in [-0.15, -0.1) is 0 Å². The first-order valence-corrected chi connectivity index (χ1v) is 16.8. The predicted octanol–water partition coefficient (Wildman–Crippen LogP) is 6.33. The van der Waals surface area contributed by atoms with Crippen molar-refractivity contribution in [2.45, 2.75) is 57.6 Å². The second-order valence-corrected chi connectivity index (χ2v) is 13.8. The summed E-state index contributed by atoms with van der Waals surface area (Å²) in [5, 5.41) is 3.15. The van der Waals surface area contributed by atoms with Gasteiger partial charge in [0.15, 0.2) is 0 Å². The van der Waals surface area contributed by atoms with E-state index < -0.39 is 28.5 Å². The smallest absolute Gasteiger partial charge is 0.264 e. The van der Waals surface area contributed by atoms with Crippen molar-refractivity contribution in [2.24, 2.45) is 0 Å². The number of rotatable bonds is 13. The summed E-state index contributed by atoms with van der Waals surface area (Å²) in [5.41, 5.74) is 3.73. The lowest BCUT2D eigenvalue weighted by atomic mass is 10.0. The maximum atomic E-state index is 14.6. The number of nitrogens with zero attached hydrogens (tertiary/aromatic N) is 2. The first-order chi connectivity index (χ1) is 21.9. The molecule has 1 atom stereocenters. The van der Waals surface area contributed by atoms with Gasteiger partial charge >= 0.3 is 0 Å². The summed E-state index contributed by atoms with van der Waals surface area (Å²) in [7, 11) is -2.79. The lowest BCUT2D eigenvalue weighted by molar-refractivity contribution is -0.140. The van der Waals surface area contributed by atoms with Crippen LogP contribution in [0.3, 0.4) is 0 Å². The van der Waals surface area contributed by atoms with Crippen LogP contribution in [0.4, 0.5) is 5.69 Å². The largest absolute Gasteiger partial charge is 0.495 e. The van der Waals surface area contributed by atoms with E-state index in [0.717, 1.165) is 26.6 Å². The van der Waals surface area contributed by atoms with Gasteiger partial charge in [-0.3, -0.25) is 13.9 Å². The molecule has 0 spiro atoms. The van der Waals surface area contributed by atoms with E-state index in [2.05, 4.69) is 5.32 Å². The maximum absolute atomic E-state index is 14.6. The highest BCUT2D eigenvalue weighted by Crippen LogP contribution is 2.32. The van der Waals surface area contributed by atoms with Crippen molar-refractivity contribution in [2.75, 3.05) is 18.0 Å². The van der Waals surface area contributed by atoms with E-state index in [0.29, 0.717) is 5.75 Å². The minimum absolute atomic E-state index is 0.0152. The average molecular weight is 662 g/mol. The Kier molecular flexibility index (Phi) is 11.5. The van der Waals surface area contributed by atoms with Crippen LogP contribution in [0, 0.1) is 13.8 Å². The van der Waals surface area contributed by atoms with Crippen molar-refractivity contribution in [1.29, 1.82) is 0 Å². The molecule has 2 amide bonds. The van der Waals surface area contributed by atoms with E-state index in [1.807, 2.05) is 82.3 Å². The van der Waals surface area contributed by atoms with Gasteiger partial charge in [-0.1, -0.05) is 89.5 Å². The number of nitrogens with one attached hydrogen (secondary N) is 1. The molecule has 4 aromatic rings. The van der Waals surface area contributed by atoms with Gasteiger partial charge in [0.25, 0.3) is 10.0 Å². The summed E-state index contributed by atoms with van der Waals surface area (Å²) in [5.74, 6) is -0.525. The van der Waals surface area contributed by atoms with E-state index in [1.165, 1.54) is 30.2 Å². The second-order valence-electron chi connectivity index (χ2n) is 11.5. The van der Waals surface area contributed by atoms with E-state index in [4.69, 9.17) is 16.3 Å². The molecule has 0 fully saturated rings. The number of amides is 2. The van der Waals surface area contributed by atoms with Crippen LogP contribution in [-0.2, 0) is 32.6 Å². The zero-order valence-corrected chi connectivity index (χ0v) is 28.3. The van der Waals surface area contributed by atoms with Gasteiger partial charge in [-0.2, -0.15) is 0 Å². The van der Waals surface area contributed by atoms with Crippen molar-refractivity contribution < 1.29 is 22.7 Å². The fourth-order valence-electron chi connectivity index (χ4n) is 5.12. The third-order valence-corrected chi connectivity index (χ3v) is 9.53. The molecule has 0 radical (unpaired) electrons. The molecule has 0 aliphatic rings. The zero-order chi connectivity index (χ0) is 33.4. The summed E-state index contributed by atoms with van der Waals surface area (Å²) in [4.78, 5) is 29.9. The lowest BCUT2D eigenvalue weighted by Gasteiger charge is -2.34. The molecule has 46 heavy (non-hydrogen) atoms. The fraction of sp³-hybridized carbons (Fsp3) is 0.278. The monoisotopic (exact) mass is 661 g/mol. The summed E-state index contributed by atoms with van der Waals surface area (Å²) in [6.45, 7) is 7.03. The standard InChI is InChI=1S/C36H40ClN3O5S/c1-25(2)38-36(42)33(21-28-11-7-6-8-12-28)39(23-29-13-9-10-27(4)20-29)35(41)24-40(30-16-19-34(45-5)32(37)22-30)46(43,44)31-17-14-26(3)15-18-31/h6-20,22,25,33H,21,23-24H2,1-5H3,(H,38,42). The van der Waals surface area contributed by atoms with Crippen LogP contribution in [0.2, 0.25) is 5.02 Å². The van der Waals surface area contributed by atoms with Gasteiger partial charge in [0, 0.05) is 19.0 Å². The van der Waals surface area contributed by atoms with Gasteiger partial charge in [0.1, 0.15) is 18.3 Å². The van der Waals surface area contributed by atoms with Crippen LogP contribution >= 0.6 is 11.6 Å². The maximum Gasteiger partial charge on any atom is 0.264 e. The van der Waals surface area contributed by atoms with Crippen molar-refractivity contribution in [1.82, 2.24) is 10.2 Å². The van der Waals surface area contributed by atoms with Crippen molar-refractivity contribution in [3.63, 3.8) is 0 Å². The van der Waals surface area contributed by atoms with E-state index in [9.17, 15) is 18.0 Å². The van der Waals surface area contributed by atoms with Crippen LogP contribution < -0.4 is 14.4 Å². The number of carbonyl (C=O) groups is 2. The van der Waals surface area contributed by atoms with Gasteiger partial charge in [-0.25, -0.2) is 8.42 Å². The summed E-state index contributed by atoms with van der Waals surface area (Å²) in [6, 6.07) is 27.0. The number of aryl methyl sites for hydroxylation is 2. The third kappa shape index (κ3) is 8.68. The molecular formula is C36H40ClN3O5S. The highest BCUT2D eigenvalue weighted by atomic mass is 35.5. The minimum atomic E-state index is -4.25. The number of methoxy groups -OCH3 is 1. The summed E-state index contributed by atoms with van der Waals surface area (Å²) < 4.78 is 34.7. The number of sulfonamides is 1. The zero-order valence-electron chi connectivity index (χ0n) is 26.7. The van der Waals surface area contributed by atoms with Gasteiger partial charge in [0.2, 0.25) is 11.8 Å². The number of benzene rings is 4. The van der Waals surface area contributed by atoms with E-state index in [1.54, 1.807) is 24.3 Å². The molecule has 0 aromatic heterocycles. The summed E-state index contributed by atoms with van der Waals surface area (Å²) in [6.07, 6.45) is 0.232. The molecule has 4 aromatic carbocycles. The van der Waals surface area contributed by atoms with Crippen LogP contribution in [0.25, 0.3) is 0 Å². The normalized spacial score (nSPS) is 12.0. The topological polar surface area (TPSA) is 96.0 Å². The Bertz CT molecular complexity index is 1760. The molecule has 0 aliphatic carbocycles. The van der Waals surface area contributed by atoms with Crippen LogP contribution in [0.5, 0.6) is 5.75 Å². The van der Waals surface area contributed by atoms with Crippen LogP contribution in [0.15, 0.2) is 102 Å². The highest BCUT2D eigenvalue weighted by Gasteiger charge is 2.35. The number of ether oxygens (including phenoxy) is 1. The molecule has 10 heteroatoms. The molecule has 4 rings (SSSR count).